The molecule has 0 spiro atoms. The lowest BCUT2D eigenvalue weighted by Crippen LogP contribution is -1.89. The maximum absolute atomic E-state index is 3.62. The average Bonchev–Trinajstić information content (AvgIpc) is 1.38. The van der Waals surface area contributed by atoms with Crippen LogP contribution in [0.2, 0.25) is 11.6 Å². The summed E-state index contributed by atoms with van der Waals surface area (Å²) in [4.78, 5) is 2.06. The third-order valence-corrected chi connectivity index (χ3v) is 1.41. The largest absolute Gasteiger partial charge is 0.287 e. The van der Waals surface area contributed by atoms with E-state index >= 15 is 0 Å². The van der Waals surface area contributed by atoms with Crippen molar-refractivity contribution in [3.63, 3.8) is 0 Å². The van der Waals surface area contributed by atoms with Crippen LogP contribution < -0.4 is 0 Å². The molecule has 0 aliphatic heterocycles. The van der Waals surface area contributed by atoms with Crippen LogP contribution in [-0.2, 0) is 0 Å². The van der Waals surface area contributed by atoms with Gasteiger partial charge in [0.25, 0.3) is 14.1 Å². The van der Waals surface area contributed by atoms with Crippen molar-refractivity contribution in [2.45, 2.75) is 11.6 Å². The van der Waals surface area contributed by atoms with Crippen molar-refractivity contribution < 1.29 is 0 Å². The van der Waals surface area contributed by atoms with Crippen LogP contribution in [0.3, 0.4) is 0 Å². The Balaban J connectivity index is 2.83. The lowest BCUT2D eigenvalue weighted by molar-refractivity contribution is 2.00. The highest BCUT2D eigenvalue weighted by Gasteiger charge is 1.87. The number of hydrogen-bond acceptors (Lipinski definition) is 0. The third-order valence-electron chi connectivity index (χ3n) is 0.471. The Hall–Kier alpha value is 0.272. The predicted molar refractivity (Wildman–Crippen MR) is 27.7 cm³/mol. The molecule has 0 nitrogen and oxygen atoms in total. The van der Waals surface area contributed by atoms with Crippen LogP contribution in [0.4, 0.5) is 0 Å². The summed E-state index contributed by atoms with van der Waals surface area (Å²) >= 11 is -0.386. The van der Waals surface area contributed by atoms with E-state index < -0.39 is 0 Å². The lowest BCUT2D eigenvalue weighted by Gasteiger charge is -1.73. The van der Waals surface area contributed by atoms with Gasteiger partial charge in [-0.15, -0.1) is 18.2 Å². The molecular formula is C4H9Al. The number of hydrogen-bond donors (Lipinski definition) is 0. The van der Waals surface area contributed by atoms with Crippen LogP contribution in [0.5, 0.6) is 0 Å². The van der Waals surface area contributed by atoms with Crippen LogP contribution in [0.15, 0.2) is 11.5 Å². The predicted octanol–water partition coefficient (Wildman–Crippen LogP) is 1.47. The second-order valence-electron chi connectivity index (χ2n) is 1.48. The minimum Gasteiger partial charge on any atom is -0.152 e. The molecule has 5 heavy (non-hydrogen) atoms. The van der Waals surface area contributed by atoms with Crippen molar-refractivity contribution in [3.05, 3.63) is 11.5 Å². The highest BCUT2D eigenvalue weighted by molar-refractivity contribution is 6.61. The van der Waals surface area contributed by atoms with Crippen LogP contribution >= 0.6 is 0 Å². The molecule has 1 heteroatoms. The van der Waals surface area contributed by atoms with Crippen molar-refractivity contribution in [2.75, 3.05) is 0 Å². The minimum atomic E-state index is -0.386. The van der Waals surface area contributed by atoms with Gasteiger partial charge in [0.1, 0.15) is 0 Å². The minimum absolute atomic E-state index is 0.386. The fourth-order valence-corrected chi connectivity index (χ4v) is 0. The molecule has 0 radical (unpaired) electrons. The van der Waals surface area contributed by atoms with E-state index in [1.54, 1.807) is 0 Å². The maximum atomic E-state index is 3.62. The fraction of sp³-hybridized carbons (Fsp3) is 0.500. The number of rotatable bonds is 1. The van der Waals surface area contributed by atoms with Gasteiger partial charge in [0, 0.05) is 0 Å². The molecule has 0 aliphatic rings. The first-order chi connectivity index (χ1) is 2.27. The van der Waals surface area contributed by atoms with E-state index in [9.17, 15) is 0 Å². The molecule has 0 amide bonds. The molecule has 28 valence electrons. The van der Waals surface area contributed by atoms with E-state index in [-0.39, 0.29) is 14.1 Å². The zero-order chi connectivity index (χ0) is 4.28. The molecule has 0 heterocycles. The molecule has 0 saturated carbocycles. The third kappa shape index (κ3) is 4.27. The summed E-state index contributed by atoms with van der Waals surface area (Å²) in [6, 6.07) is 0. The SMILES string of the molecule is C=[CH][Al]([CH3])[CH3]. The standard InChI is InChI=1S/C2H3.2CH3.Al/c1-2;;;/h1H,2H2;2*1H3;. The van der Waals surface area contributed by atoms with Gasteiger partial charge in [0.15, 0.2) is 0 Å². The maximum Gasteiger partial charge on any atom is 0.287 e. The van der Waals surface area contributed by atoms with Gasteiger partial charge in [0.05, 0.1) is 0 Å². The first kappa shape index (κ1) is 5.27. The molecule has 0 bridgehead atoms. The topological polar surface area (TPSA) is 0 Å². The van der Waals surface area contributed by atoms with Crippen molar-refractivity contribution in [1.82, 2.24) is 0 Å². The second kappa shape index (κ2) is 2.51. The Morgan fingerprint density at radius 1 is 1.60 bits per heavy atom. The Bertz CT molecular complexity index is 30.6. The Morgan fingerprint density at radius 3 is 1.80 bits per heavy atom. The molecule has 0 aromatic rings. The van der Waals surface area contributed by atoms with Crippen LogP contribution in [0.25, 0.3) is 0 Å². The summed E-state index contributed by atoms with van der Waals surface area (Å²) < 4.78 is 0. The lowest BCUT2D eigenvalue weighted by atomic mass is 11.3. The molecule has 0 N–H and O–H groups in total. The fourth-order valence-electron chi connectivity index (χ4n) is 0. The van der Waals surface area contributed by atoms with Gasteiger partial charge in [-0.05, 0) is 0 Å². The molecule has 0 aliphatic carbocycles. The molecule has 0 aromatic carbocycles. The van der Waals surface area contributed by atoms with Crippen LogP contribution in [0.1, 0.15) is 0 Å². The van der Waals surface area contributed by atoms with Gasteiger partial charge in [-0.3, -0.25) is 0 Å². The summed E-state index contributed by atoms with van der Waals surface area (Å²) in [5.41, 5.74) is 0. The molecule has 0 saturated heterocycles. The summed E-state index contributed by atoms with van der Waals surface area (Å²) in [6.45, 7) is 3.62. The van der Waals surface area contributed by atoms with E-state index in [1.807, 2.05) is 0 Å². The van der Waals surface area contributed by atoms with Gasteiger partial charge in [0.2, 0.25) is 0 Å². The molecule has 0 unspecified atom stereocenters. The quantitative estimate of drug-likeness (QED) is 0.422. The zero-order valence-electron chi connectivity index (χ0n) is 3.86. The Morgan fingerprint density at radius 2 is 1.80 bits per heavy atom. The van der Waals surface area contributed by atoms with Crippen molar-refractivity contribution in [1.29, 1.82) is 0 Å². The highest BCUT2D eigenvalue weighted by Crippen LogP contribution is 1.73. The average molecular weight is 84.1 g/mol. The van der Waals surface area contributed by atoms with Gasteiger partial charge in [-0.1, -0.05) is 0 Å². The van der Waals surface area contributed by atoms with Crippen LogP contribution in [0, 0.1) is 0 Å². The first-order valence-corrected chi connectivity index (χ1v) is 4.87. The van der Waals surface area contributed by atoms with E-state index in [4.69, 9.17) is 0 Å². The van der Waals surface area contributed by atoms with Crippen molar-refractivity contribution >= 4 is 14.1 Å². The normalized spacial score (nSPS) is 6.80. The summed E-state index contributed by atoms with van der Waals surface area (Å²) in [5, 5.41) is 0. The molecule has 0 fully saturated rings. The summed E-state index contributed by atoms with van der Waals surface area (Å²) in [7, 11) is 0. The Kier molecular flexibility index (Phi) is 2.64. The highest BCUT2D eigenvalue weighted by atomic mass is 27.2. The molecule has 0 rings (SSSR count). The van der Waals surface area contributed by atoms with Crippen molar-refractivity contribution in [3.8, 4) is 0 Å². The second-order valence-corrected chi connectivity index (χ2v) is 4.44. The van der Waals surface area contributed by atoms with Crippen molar-refractivity contribution in [2.24, 2.45) is 0 Å². The van der Waals surface area contributed by atoms with E-state index in [1.165, 1.54) is 0 Å². The zero-order valence-corrected chi connectivity index (χ0v) is 5.02. The molecule has 0 atom stereocenters. The van der Waals surface area contributed by atoms with Crippen LogP contribution in [-0.4, -0.2) is 14.1 Å². The first-order valence-electron chi connectivity index (χ1n) is 1.90. The summed E-state index contributed by atoms with van der Waals surface area (Å²) in [6.07, 6.45) is 0. The van der Waals surface area contributed by atoms with Gasteiger partial charge < -0.3 is 0 Å². The smallest absolute Gasteiger partial charge is 0.152 e. The van der Waals surface area contributed by atoms with Gasteiger partial charge >= 0.3 is 0 Å². The van der Waals surface area contributed by atoms with E-state index in [0.29, 0.717) is 0 Å². The van der Waals surface area contributed by atoms with Gasteiger partial charge in [-0.25, -0.2) is 0 Å². The van der Waals surface area contributed by atoms with Gasteiger partial charge in [-0.2, -0.15) is 4.94 Å². The summed E-state index contributed by atoms with van der Waals surface area (Å²) in [5.74, 6) is 4.49. The Labute approximate surface area is 37.9 Å². The molecule has 0 aromatic heterocycles. The molecular weight excluding hydrogens is 75.0 g/mol. The monoisotopic (exact) mass is 84.1 g/mol. The van der Waals surface area contributed by atoms with E-state index in [2.05, 4.69) is 23.1 Å². The van der Waals surface area contributed by atoms with E-state index in [0.717, 1.165) is 0 Å².